The van der Waals surface area contributed by atoms with Crippen LogP contribution in [0.4, 0.5) is 14.9 Å². The monoisotopic (exact) mass is 710 g/mol. The summed E-state index contributed by atoms with van der Waals surface area (Å²) in [6.45, 7) is 12.3. The fourth-order valence-corrected chi connectivity index (χ4v) is 5.87. The van der Waals surface area contributed by atoms with Crippen LogP contribution in [0.1, 0.15) is 72.9 Å². The van der Waals surface area contributed by atoms with Crippen LogP contribution in [0.3, 0.4) is 0 Å². The number of carbonyl (C=O) groups excluding carboxylic acids is 6. The molecule has 0 saturated carbocycles. The van der Waals surface area contributed by atoms with Gasteiger partial charge in [-0.1, -0.05) is 13.8 Å². The number of aromatic amines is 1. The normalized spacial score (nSPS) is 13.7. The highest BCUT2D eigenvalue weighted by Crippen LogP contribution is 2.39. The Bertz CT molecular complexity index is 1670. The van der Waals surface area contributed by atoms with Crippen molar-refractivity contribution >= 4 is 52.8 Å². The van der Waals surface area contributed by atoms with Gasteiger partial charge in [0.1, 0.15) is 5.82 Å². The molecule has 15 heteroatoms. The number of hydrogen-bond acceptors (Lipinski definition) is 8. The Morgan fingerprint density at radius 2 is 1.69 bits per heavy atom. The molecule has 5 N–H and O–H groups in total. The number of nitrogens with one attached hydrogen (secondary N) is 3. The highest BCUT2D eigenvalue weighted by Gasteiger charge is 2.39. The number of aromatic nitrogens is 1. The molecule has 6 amide bonds. The Morgan fingerprint density at radius 1 is 1.02 bits per heavy atom. The van der Waals surface area contributed by atoms with Crippen LogP contribution in [0.2, 0.25) is 0 Å². The van der Waals surface area contributed by atoms with Gasteiger partial charge in [-0.2, -0.15) is 0 Å². The zero-order valence-corrected chi connectivity index (χ0v) is 30.7. The molecule has 0 unspecified atom stereocenters. The van der Waals surface area contributed by atoms with Crippen molar-refractivity contribution in [3.8, 4) is 0 Å². The summed E-state index contributed by atoms with van der Waals surface area (Å²) < 4.78 is 14.5. The molecular weight excluding hydrogens is 659 g/mol. The first kappa shape index (κ1) is 40.5. The summed E-state index contributed by atoms with van der Waals surface area (Å²) in [5.41, 5.74) is 8.14. The predicted octanol–water partition coefficient (Wildman–Crippen LogP) is 2.44. The average Bonchev–Trinajstić information content (AvgIpc) is 3.53. The Labute approximate surface area is 298 Å². The van der Waals surface area contributed by atoms with Crippen LogP contribution in [-0.2, 0) is 19.2 Å². The molecule has 0 spiro atoms. The second kappa shape index (κ2) is 18.4. The van der Waals surface area contributed by atoms with Crippen molar-refractivity contribution in [2.75, 3.05) is 64.8 Å². The SMILES string of the molecule is CCN(CC)CCNC(=O)c1c(C)[nH]c(/C=C2\C(=O)N(C(=O)N(C)CCN(C)C(=O)CCC(=O)N[C@@H](CCN)C(C)=O)c3ccc(F)cc32)c1C. The van der Waals surface area contributed by atoms with Crippen molar-refractivity contribution in [3.63, 3.8) is 0 Å². The highest BCUT2D eigenvalue weighted by molar-refractivity contribution is 6.42. The number of urea groups is 1. The van der Waals surface area contributed by atoms with Crippen LogP contribution >= 0.6 is 0 Å². The summed E-state index contributed by atoms with van der Waals surface area (Å²) in [7, 11) is 3.01. The molecule has 3 rings (SSSR count). The minimum atomic E-state index is -0.701. The number of nitrogens with zero attached hydrogens (tertiary/aromatic N) is 4. The molecule has 1 aromatic heterocycles. The lowest BCUT2D eigenvalue weighted by Crippen LogP contribution is -2.46. The van der Waals surface area contributed by atoms with E-state index < -0.39 is 29.7 Å². The Hall–Kier alpha value is -4.89. The Morgan fingerprint density at radius 3 is 2.31 bits per heavy atom. The van der Waals surface area contributed by atoms with Crippen molar-refractivity contribution in [1.82, 2.24) is 30.3 Å². The lowest BCUT2D eigenvalue weighted by molar-refractivity contribution is -0.133. The van der Waals surface area contributed by atoms with Crippen LogP contribution in [0.5, 0.6) is 0 Å². The number of hydrogen-bond donors (Lipinski definition) is 4. The van der Waals surface area contributed by atoms with E-state index in [0.29, 0.717) is 42.0 Å². The lowest BCUT2D eigenvalue weighted by Gasteiger charge is -2.26. The third-order valence-electron chi connectivity index (χ3n) is 9.08. The third kappa shape index (κ3) is 10.1. The first-order valence-electron chi connectivity index (χ1n) is 17.2. The van der Waals surface area contributed by atoms with E-state index in [0.717, 1.165) is 24.1 Å². The van der Waals surface area contributed by atoms with E-state index in [1.54, 1.807) is 13.8 Å². The Balaban J connectivity index is 1.71. The van der Waals surface area contributed by atoms with Crippen LogP contribution < -0.4 is 21.3 Å². The minimum Gasteiger partial charge on any atom is -0.358 e. The van der Waals surface area contributed by atoms with Gasteiger partial charge in [0.25, 0.3) is 11.8 Å². The smallest absolute Gasteiger partial charge is 0.331 e. The molecule has 2 aromatic rings. The van der Waals surface area contributed by atoms with Gasteiger partial charge in [0, 0.05) is 70.1 Å². The summed E-state index contributed by atoms with van der Waals surface area (Å²) in [6.07, 6.45) is 1.59. The number of ketones is 1. The predicted molar refractivity (Wildman–Crippen MR) is 193 cm³/mol. The zero-order valence-electron chi connectivity index (χ0n) is 30.7. The number of nitrogens with two attached hydrogens (primary N) is 1. The number of amides is 6. The number of Topliss-reactive ketones (excluding diaryl/α,β-unsaturated/α-hetero) is 1. The summed E-state index contributed by atoms with van der Waals surface area (Å²) in [5, 5.41) is 5.54. The maximum absolute atomic E-state index is 14.5. The second-order valence-corrected chi connectivity index (χ2v) is 12.6. The van der Waals surface area contributed by atoms with Gasteiger partial charge in [0.2, 0.25) is 11.8 Å². The van der Waals surface area contributed by atoms with E-state index in [9.17, 15) is 33.2 Å². The highest BCUT2D eigenvalue weighted by atomic mass is 19.1. The molecule has 1 aliphatic rings. The number of H-pyrrole nitrogens is 1. The lowest BCUT2D eigenvalue weighted by atomic mass is 10.0. The Kier molecular flexibility index (Phi) is 14.6. The number of imide groups is 1. The number of fused-ring (bicyclic) bond motifs is 1. The number of benzene rings is 1. The molecule has 1 aliphatic heterocycles. The molecule has 0 bridgehead atoms. The number of halogens is 1. The minimum absolute atomic E-state index is 0.0528. The van der Waals surface area contributed by atoms with Gasteiger partial charge >= 0.3 is 6.03 Å². The largest absolute Gasteiger partial charge is 0.358 e. The van der Waals surface area contributed by atoms with E-state index in [1.807, 2.05) is 0 Å². The number of aryl methyl sites for hydroxylation is 1. The van der Waals surface area contributed by atoms with E-state index in [2.05, 4.69) is 34.4 Å². The van der Waals surface area contributed by atoms with Gasteiger partial charge in [0.15, 0.2) is 5.78 Å². The van der Waals surface area contributed by atoms with Crippen LogP contribution in [0.15, 0.2) is 18.2 Å². The molecule has 0 fully saturated rings. The van der Waals surface area contributed by atoms with Crippen LogP contribution in [0.25, 0.3) is 11.6 Å². The van der Waals surface area contributed by atoms with Crippen molar-refractivity contribution in [3.05, 3.63) is 52.1 Å². The maximum atomic E-state index is 14.5. The number of likely N-dealkylation sites (N-methyl/N-ethyl adjacent to an activating group) is 3. The molecular formula is C36H51FN8O6. The maximum Gasteiger partial charge on any atom is 0.331 e. The van der Waals surface area contributed by atoms with Gasteiger partial charge in [-0.3, -0.25) is 24.0 Å². The summed E-state index contributed by atoms with van der Waals surface area (Å²) in [5.74, 6) is -2.52. The average molecular weight is 711 g/mol. The molecule has 1 aromatic carbocycles. The second-order valence-electron chi connectivity index (χ2n) is 12.6. The van der Waals surface area contributed by atoms with Gasteiger partial charge in [0.05, 0.1) is 22.9 Å². The molecule has 0 radical (unpaired) electrons. The summed E-state index contributed by atoms with van der Waals surface area (Å²) in [6, 6.07) is 2.33. The molecule has 14 nitrogen and oxygen atoms in total. The quantitative estimate of drug-likeness (QED) is 0.181. The van der Waals surface area contributed by atoms with E-state index in [4.69, 9.17) is 5.73 Å². The van der Waals surface area contributed by atoms with Crippen molar-refractivity contribution in [2.45, 2.75) is 59.9 Å². The number of anilines is 1. The first-order valence-corrected chi connectivity index (χ1v) is 17.2. The first-order chi connectivity index (χ1) is 24.1. The molecule has 0 saturated heterocycles. The van der Waals surface area contributed by atoms with Gasteiger partial charge < -0.3 is 36.1 Å². The van der Waals surface area contributed by atoms with Gasteiger partial charge in [-0.25, -0.2) is 14.1 Å². The van der Waals surface area contributed by atoms with Crippen molar-refractivity contribution in [1.29, 1.82) is 0 Å². The fourth-order valence-electron chi connectivity index (χ4n) is 5.87. The van der Waals surface area contributed by atoms with Gasteiger partial charge in [-0.05, 0) is 76.7 Å². The van der Waals surface area contributed by atoms with Crippen molar-refractivity contribution in [2.24, 2.45) is 5.73 Å². The van der Waals surface area contributed by atoms with Crippen LogP contribution in [0, 0.1) is 19.7 Å². The van der Waals surface area contributed by atoms with E-state index in [1.165, 1.54) is 49.0 Å². The summed E-state index contributed by atoms with van der Waals surface area (Å²) >= 11 is 0. The summed E-state index contributed by atoms with van der Waals surface area (Å²) in [4.78, 5) is 86.3. The molecule has 0 aliphatic carbocycles. The molecule has 2 heterocycles. The zero-order chi connectivity index (χ0) is 38.0. The molecule has 278 valence electrons. The van der Waals surface area contributed by atoms with Gasteiger partial charge in [-0.15, -0.1) is 0 Å². The topological polar surface area (TPSA) is 181 Å². The molecule has 1 atom stereocenters. The van der Waals surface area contributed by atoms with E-state index >= 15 is 0 Å². The standard InChI is InChI=1S/C36H51FN8O6/c1-8-44(9-2)17-16-39-34(49)33-22(3)29(40-23(33)4)21-27-26-20-25(37)10-11-30(26)45(35(27)50)36(51)43(7)19-18-42(6)32(48)13-12-31(47)41-28(14-15-38)24(5)46/h10-11,20-21,28,40H,8-9,12-19,38H2,1-7H3,(H,39,49)(H,41,47)/b27-21-/t28-/m0/s1. The molecule has 51 heavy (non-hydrogen) atoms. The number of carbonyl (C=O) groups is 6. The third-order valence-corrected chi connectivity index (χ3v) is 9.08. The number of rotatable bonds is 17. The fraction of sp³-hybridized carbons (Fsp3) is 0.500. The van der Waals surface area contributed by atoms with Crippen LogP contribution in [-0.4, -0.2) is 121 Å². The van der Waals surface area contributed by atoms with Crippen molar-refractivity contribution < 1.29 is 33.2 Å². The van der Waals surface area contributed by atoms with E-state index in [-0.39, 0.29) is 66.9 Å².